The van der Waals surface area contributed by atoms with Crippen LogP contribution in [0.5, 0.6) is 0 Å². The first-order chi connectivity index (χ1) is 38.4. The van der Waals surface area contributed by atoms with Crippen molar-refractivity contribution in [2.24, 2.45) is 28.9 Å². The molecular weight excluding hydrogens is 1030 g/mol. The number of aliphatic hydroxyl groups excluding tert-OH is 1. The van der Waals surface area contributed by atoms with Crippen molar-refractivity contribution in [3.8, 4) is 0 Å². The topological polar surface area (TPSA) is 402 Å². The first kappa shape index (κ1) is 65.5. The summed E-state index contributed by atoms with van der Waals surface area (Å²) in [5.74, 6) is -7.15. The monoisotopic (exact) mass is 1120 g/mol. The van der Waals surface area contributed by atoms with Crippen molar-refractivity contribution < 1.29 is 48.3 Å². The molecule has 4 rings (SSSR count). The zero-order chi connectivity index (χ0) is 58.6. The Morgan fingerprint density at radius 1 is 0.613 bits per heavy atom. The lowest BCUT2D eigenvalue weighted by atomic mass is 10.00. The maximum atomic E-state index is 14.6. The average molecular weight is 1120 g/mol. The predicted octanol–water partition coefficient (Wildman–Crippen LogP) is -1.10. The number of para-hydroxylation sites is 1. The number of aromatic amines is 1. The number of benzene rings is 2. The van der Waals surface area contributed by atoms with Crippen LogP contribution in [-0.2, 0) is 56.0 Å². The second-order valence-corrected chi connectivity index (χ2v) is 20.9. The Hall–Kier alpha value is -6.99. The third-order valence-electron chi connectivity index (χ3n) is 13.8. The zero-order valence-corrected chi connectivity index (χ0v) is 46.6. The molecule has 2 aromatic carbocycles. The number of fused-ring (bicyclic) bond motifs is 1. The Morgan fingerprint density at radius 3 is 1.73 bits per heavy atom. The number of amides is 9. The molecule has 2 heterocycles. The van der Waals surface area contributed by atoms with Crippen molar-refractivity contribution in [2.45, 2.75) is 172 Å². The molecule has 0 saturated carbocycles. The van der Waals surface area contributed by atoms with Crippen LogP contribution in [0.2, 0.25) is 0 Å². The smallest absolute Gasteiger partial charge is 0.243 e. The molecule has 24 heteroatoms. The fraction of sp³-hybridized carbons (Fsp3) is 0.589. The van der Waals surface area contributed by atoms with Gasteiger partial charge in [0.15, 0.2) is 0 Å². The second-order valence-electron chi connectivity index (χ2n) is 20.9. The van der Waals surface area contributed by atoms with Crippen molar-refractivity contribution in [2.75, 3.05) is 32.7 Å². The van der Waals surface area contributed by atoms with Crippen LogP contribution in [-0.4, -0.2) is 150 Å². The van der Waals surface area contributed by atoms with E-state index in [1.54, 1.807) is 36.5 Å². The molecule has 1 aromatic heterocycles. The minimum atomic E-state index is -1.51. The van der Waals surface area contributed by atoms with E-state index < -0.39 is 108 Å². The van der Waals surface area contributed by atoms with Gasteiger partial charge < -0.3 is 80.9 Å². The van der Waals surface area contributed by atoms with Crippen LogP contribution in [0.1, 0.15) is 115 Å². The van der Waals surface area contributed by atoms with Gasteiger partial charge in [-0.3, -0.25) is 43.2 Å². The summed E-state index contributed by atoms with van der Waals surface area (Å²) in [6.07, 6.45) is 4.86. The van der Waals surface area contributed by atoms with Crippen molar-refractivity contribution in [3.63, 3.8) is 0 Å². The van der Waals surface area contributed by atoms with Crippen LogP contribution in [0, 0.1) is 5.92 Å². The molecule has 9 atom stereocenters. The van der Waals surface area contributed by atoms with Crippen LogP contribution in [0.3, 0.4) is 0 Å². The van der Waals surface area contributed by atoms with Crippen molar-refractivity contribution in [1.29, 1.82) is 0 Å². The van der Waals surface area contributed by atoms with E-state index in [1.807, 2.05) is 38.1 Å². The largest absolute Gasteiger partial charge is 0.393 e. The first-order valence-electron chi connectivity index (χ1n) is 28.2. The molecule has 1 fully saturated rings. The van der Waals surface area contributed by atoms with Gasteiger partial charge in [0.2, 0.25) is 53.2 Å². The van der Waals surface area contributed by atoms with E-state index in [0.717, 1.165) is 43.0 Å². The van der Waals surface area contributed by atoms with E-state index >= 15 is 0 Å². The summed E-state index contributed by atoms with van der Waals surface area (Å²) in [5, 5.41) is 35.8. The molecule has 0 unspecified atom stereocenters. The Labute approximate surface area is 468 Å². The predicted molar refractivity (Wildman–Crippen MR) is 303 cm³/mol. The average Bonchev–Trinajstić information content (AvgIpc) is 3.84. The highest BCUT2D eigenvalue weighted by Crippen LogP contribution is 2.20. The SMILES string of the molecule is CCCCCCC[C@@H](O)CC(=O)N[C@H](CCN)C(=O)N[C@H]1CCNC(=O)[C@H](Cc2c[nH]c3ccccc23)NC(=O)[C@H](CCN)NC(=O)[C@H](CCN)NC(=O)[C@H](CC(C)C)NC(=O)[C@@H](Cc2ccccc2)NC(=O)[C@H](CCN)NC1=O. The first-order valence-corrected chi connectivity index (χ1v) is 28.2. The van der Waals surface area contributed by atoms with Gasteiger partial charge in [-0.05, 0) is 94.2 Å². The van der Waals surface area contributed by atoms with Crippen molar-refractivity contribution in [1.82, 2.24) is 52.8 Å². The number of rotatable bonds is 25. The summed E-state index contributed by atoms with van der Waals surface area (Å²) in [5.41, 5.74) is 25.9. The van der Waals surface area contributed by atoms with Crippen LogP contribution in [0.25, 0.3) is 10.9 Å². The minimum absolute atomic E-state index is 0.0573. The van der Waals surface area contributed by atoms with E-state index in [2.05, 4.69) is 59.8 Å². The highest BCUT2D eigenvalue weighted by atomic mass is 16.3. The van der Waals surface area contributed by atoms with E-state index in [-0.39, 0.29) is 96.4 Å². The molecule has 0 bridgehead atoms. The van der Waals surface area contributed by atoms with Crippen molar-refractivity contribution in [3.05, 3.63) is 71.9 Å². The number of nitrogens with one attached hydrogen (secondary N) is 10. The van der Waals surface area contributed by atoms with Gasteiger partial charge in [0.05, 0.1) is 12.5 Å². The van der Waals surface area contributed by atoms with Crippen LogP contribution in [0.15, 0.2) is 60.8 Å². The molecule has 0 aliphatic carbocycles. The maximum absolute atomic E-state index is 14.6. The molecule has 442 valence electrons. The molecule has 0 radical (unpaired) electrons. The number of unbranched alkanes of at least 4 members (excludes halogenated alkanes) is 4. The highest BCUT2D eigenvalue weighted by Gasteiger charge is 2.36. The number of carbonyl (C=O) groups is 9. The third kappa shape index (κ3) is 21.9. The normalized spacial score (nSPS) is 22.2. The number of aliphatic hydroxyl groups is 1. The molecule has 1 aliphatic heterocycles. The van der Waals surface area contributed by atoms with Gasteiger partial charge in [0.1, 0.15) is 48.3 Å². The standard InChI is InChI=1S/C56H88N14O10/c1-4-5-6-7-11-16-37(71)32-48(72)63-40(19-24-57)50(74)67-44-23-28-61-49(73)47(31-36-33-62-39-18-13-12-17-38(36)39)70-53(77)43(22-27-60)64-51(75)41(20-25-58)66-55(79)45(29-34(2)3)68-56(80)46(30-35-14-9-8-10-15-35)69-52(76)42(21-26-59)65-54(44)78/h8-10,12-15,17-18,33-34,37,40-47,62,71H,4-7,11,16,19-32,57-60H2,1-3H3,(H,61,73)(H,63,72)(H,64,75)(H,65,78)(H,66,79)(H,67,74)(H,68,80)(H,69,76)(H,70,77)/t37-,40-,41+,42+,43+,44+,45+,46-,47+/m1/s1. The number of H-pyrrole nitrogens is 1. The Balaban J connectivity index is 1.77. The quantitative estimate of drug-likeness (QED) is 0.0449. The number of hydrogen-bond acceptors (Lipinski definition) is 14. The maximum Gasteiger partial charge on any atom is 0.243 e. The van der Waals surface area contributed by atoms with E-state index in [0.29, 0.717) is 17.5 Å². The summed E-state index contributed by atoms with van der Waals surface area (Å²) in [7, 11) is 0. The summed E-state index contributed by atoms with van der Waals surface area (Å²) in [6.45, 7) is 5.12. The molecular formula is C56H88N14O10. The Bertz CT molecular complexity index is 2480. The number of nitrogens with two attached hydrogens (primary N) is 4. The third-order valence-corrected chi connectivity index (χ3v) is 13.8. The lowest BCUT2D eigenvalue weighted by Gasteiger charge is -2.28. The molecule has 19 N–H and O–H groups in total. The van der Waals surface area contributed by atoms with Gasteiger partial charge in [-0.15, -0.1) is 0 Å². The van der Waals surface area contributed by atoms with E-state index in [1.165, 1.54) is 0 Å². The molecule has 9 amide bonds. The van der Waals surface area contributed by atoms with E-state index in [9.17, 15) is 48.3 Å². The second kappa shape index (κ2) is 34.9. The highest BCUT2D eigenvalue weighted by molar-refractivity contribution is 5.98. The molecule has 1 aliphatic rings. The van der Waals surface area contributed by atoms with Gasteiger partial charge in [-0.25, -0.2) is 0 Å². The molecule has 80 heavy (non-hydrogen) atoms. The molecule has 0 spiro atoms. The van der Waals surface area contributed by atoms with Crippen molar-refractivity contribution >= 4 is 64.1 Å². The Kier molecular flexibility index (Phi) is 28.6. The number of carbonyl (C=O) groups excluding carboxylic acids is 9. The van der Waals surface area contributed by atoms with Gasteiger partial charge in [0, 0.05) is 36.5 Å². The van der Waals surface area contributed by atoms with E-state index in [4.69, 9.17) is 22.9 Å². The van der Waals surface area contributed by atoms with Crippen LogP contribution in [0.4, 0.5) is 0 Å². The minimum Gasteiger partial charge on any atom is -0.393 e. The van der Waals surface area contributed by atoms with Gasteiger partial charge in [0.25, 0.3) is 0 Å². The fourth-order valence-electron chi connectivity index (χ4n) is 9.42. The molecule has 3 aromatic rings. The van der Waals surface area contributed by atoms with Gasteiger partial charge in [-0.1, -0.05) is 101 Å². The lowest BCUT2D eigenvalue weighted by molar-refractivity contribution is -0.136. The summed E-state index contributed by atoms with van der Waals surface area (Å²) in [6, 6.07) is 5.38. The zero-order valence-electron chi connectivity index (χ0n) is 46.6. The van der Waals surface area contributed by atoms with Crippen LogP contribution >= 0.6 is 0 Å². The molecule has 24 nitrogen and oxygen atoms in total. The van der Waals surface area contributed by atoms with Gasteiger partial charge >= 0.3 is 0 Å². The fourth-order valence-corrected chi connectivity index (χ4v) is 9.42. The number of hydrogen-bond donors (Lipinski definition) is 15. The van der Waals surface area contributed by atoms with Crippen LogP contribution < -0.4 is 70.8 Å². The van der Waals surface area contributed by atoms with Gasteiger partial charge in [-0.2, -0.15) is 0 Å². The summed E-state index contributed by atoms with van der Waals surface area (Å²) >= 11 is 0. The summed E-state index contributed by atoms with van der Waals surface area (Å²) < 4.78 is 0. The number of aromatic nitrogens is 1. The lowest BCUT2D eigenvalue weighted by Crippen LogP contribution is -2.61. The Morgan fingerprint density at radius 2 is 1.14 bits per heavy atom. The summed E-state index contributed by atoms with van der Waals surface area (Å²) in [4.78, 5) is 131. The molecule has 1 saturated heterocycles.